The Kier molecular flexibility index (Phi) is 10.2. The van der Waals surface area contributed by atoms with E-state index in [9.17, 15) is 19.6 Å². The van der Waals surface area contributed by atoms with Crippen molar-refractivity contribution in [3.05, 3.63) is 0 Å². The maximum Gasteiger partial charge on any atom is 0.246 e. The standard InChI is InChI=1S/C15H29N3O4/c1-4-15(2,3)17-13(20)8-9-14(21)18(22)11-7-5-6-10-16-12-19/h12,22H,4-11H2,1-3H3,(H,16,19)(H,17,20). The van der Waals surface area contributed by atoms with Gasteiger partial charge in [0.05, 0.1) is 0 Å². The number of carbonyl (C=O) groups is 3. The van der Waals surface area contributed by atoms with Crippen LogP contribution in [0.2, 0.25) is 0 Å². The first-order valence-electron chi connectivity index (χ1n) is 7.79. The van der Waals surface area contributed by atoms with Crippen LogP contribution in [0, 0.1) is 0 Å². The summed E-state index contributed by atoms with van der Waals surface area (Å²) in [6, 6.07) is 0. The molecular formula is C15H29N3O4. The molecule has 0 saturated carbocycles. The Hall–Kier alpha value is -1.63. The lowest BCUT2D eigenvalue weighted by Gasteiger charge is -2.24. The zero-order valence-corrected chi connectivity index (χ0v) is 13.9. The predicted molar refractivity (Wildman–Crippen MR) is 83.2 cm³/mol. The summed E-state index contributed by atoms with van der Waals surface area (Å²) < 4.78 is 0. The topological polar surface area (TPSA) is 98.7 Å². The summed E-state index contributed by atoms with van der Waals surface area (Å²) in [5.41, 5.74) is -0.283. The van der Waals surface area contributed by atoms with Crippen LogP contribution in [0.3, 0.4) is 0 Å². The zero-order valence-electron chi connectivity index (χ0n) is 13.9. The van der Waals surface area contributed by atoms with Gasteiger partial charge >= 0.3 is 0 Å². The van der Waals surface area contributed by atoms with Gasteiger partial charge in [-0.15, -0.1) is 0 Å². The van der Waals surface area contributed by atoms with Gasteiger partial charge in [-0.3, -0.25) is 19.6 Å². The first kappa shape index (κ1) is 20.4. The lowest BCUT2D eigenvalue weighted by molar-refractivity contribution is -0.166. The van der Waals surface area contributed by atoms with Gasteiger partial charge in [0.1, 0.15) is 0 Å². The van der Waals surface area contributed by atoms with Gasteiger partial charge in [-0.2, -0.15) is 0 Å². The Bertz CT molecular complexity index is 359. The van der Waals surface area contributed by atoms with Crippen molar-refractivity contribution in [2.45, 2.75) is 64.8 Å². The van der Waals surface area contributed by atoms with Crippen LogP contribution >= 0.6 is 0 Å². The highest BCUT2D eigenvalue weighted by Gasteiger charge is 2.19. The minimum atomic E-state index is -0.449. The van der Waals surface area contributed by atoms with E-state index in [1.54, 1.807) is 0 Å². The number of nitrogens with zero attached hydrogens (tertiary/aromatic N) is 1. The Morgan fingerprint density at radius 3 is 2.45 bits per heavy atom. The van der Waals surface area contributed by atoms with Gasteiger partial charge in [-0.25, -0.2) is 5.06 Å². The second-order valence-corrected chi connectivity index (χ2v) is 5.94. The molecule has 0 unspecified atom stereocenters. The SMILES string of the molecule is CCC(C)(C)NC(=O)CCC(=O)N(O)CCCCCNC=O. The van der Waals surface area contributed by atoms with Crippen LogP contribution in [0.25, 0.3) is 0 Å². The lowest BCUT2D eigenvalue weighted by Crippen LogP contribution is -2.43. The molecule has 0 aliphatic heterocycles. The maximum atomic E-state index is 11.7. The molecule has 0 aromatic carbocycles. The van der Waals surface area contributed by atoms with E-state index in [-0.39, 0.29) is 30.8 Å². The van der Waals surface area contributed by atoms with Gasteiger partial charge in [-0.1, -0.05) is 6.92 Å². The summed E-state index contributed by atoms with van der Waals surface area (Å²) in [5.74, 6) is -0.635. The Labute approximate surface area is 132 Å². The van der Waals surface area contributed by atoms with Crippen LogP contribution in [0.1, 0.15) is 59.3 Å². The fourth-order valence-corrected chi connectivity index (χ4v) is 1.73. The van der Waals surface area contributed by atoms with Crippen LogP contribution < -0.4 is 10.6 Å². The average Bonchev–Trinajstić information content (AvgIpc) is 2.47. The van der Waals surface area contributed by atoms with Crippen molar-refractivity contribution in [1.29, 1.82) is 0 Å². The van der Waals surface area contributed by atoms with Crippen molar-refractivity contribution in [1.82, 2.24) is 15.7 Å². The Morgan fingerprint density at radius 2 is 1.86 bits per heavy atom. The molecule has 0 rings (SSSR count). The molecule has 3 N–H and O–H groups in total. The van der Waals surface area contributed by atoms with Crippen molar-refractivity contribution >= 4 is 18.2 Å². The van der Waals surface area contributed by atoms with Crippen LogP contribution in [-0.4, -0.2) is 47.1 Å². The summed E-state index contributed by atoms with van der Waals surface area (Å²) in [6.07, 6.45) is 3.77. The van der Waals surface area contributed by atoms with Gasteiger partial charge in [0.25, 0.3) is 0 Å². The van der Waals surface area contributed by atoms with E-state index < -0.39 is 5.91 Å². The number of nitrogens with one attached hydrogen (secondary N) is 2. The molecular weight excluding hydrogens is 286 g/mol. The van der Waals surface area contributed by atoms with Crippen LogP contribution in [0.5, 0.6) is 0 Å². The molecule has 22 heavy (non-hydrogen) atoms. The van der Waals surface area contributed by atoms with E-state index >= 15 is 0 Å². The third kappa shape index (κ3) is 10.1. The van der Waals surface area contributed by atoms with Crippen LogP contribution in [0.15, 0.2) is 0 Å². The summed E-state index contributed by atoms with van der Waals surface area (Å²) in [6.45, 7) is 6.65. The molecule has 0 aliphatic rings. The lowest BCUT2D eigenvalue weighted by atomic mass is 10.0. The fourth-order valence-electron chi connectivity index (χ4n) is 1.73. The van der Waals surface area contributed by atoms with E-state index in [4.69, 9.17) is 0 Å². The molecule has 0 spiro atoms. The zero-order chi connectivity index (χ0) is 17.0. The second kappa shape index (κ2) is 11.0. The smallest absolute Gasteiger partial charge is 0.246 e. The average molecular weight is 315 g/mol. The number of unbranched alkanes of at least 4 members (excludes halogenated alkanes) is 2. The summed E-state index contributed by atoms with van der Waals surface area (Å²) in [5, 5.41) is 15.7. The molecule has 0 aromatic heterocycles. The van der Waals surface area contributed by atoms with Crippen molar-refractivity contribution < 1.29 is 19.6 Å². The van der Waals surface area contributed by atoms with Crippen LogP contribution in [0.4, 0.5) is 0 Å². The summed E-state index contributed by atoms with van der Waals surface area (Å²) in [4.78, 5) is 33.4. The predicted octanol–water partition coefficient (Wildman–Crippen LogP) is 1.21. The van der Waals surface area contributed by atoms with E-state index in [0.717, 1.165) is 19.3 Å². The van der Waals surface area contributed by atoms with E-state index in [2.05, 4.69) is 10.6 Å². The fraction of sp³-hybridized carbons (Fsp3) is 0.800. The number of rotatable bonds is 12. The maximum absolute atomic E-state index is 11.7. The molecule has 0 bridgehead atoms. The summed E-state index contributed by atoms with van der Waals surface area (Å²) in [7, 11) is 0. The molecule has 0 fully saturated rings. The second-order valence-electron chi connectivity index (χ2n) is 5.94. The Balaban J connectivity index is 3.82. The molecule has 7 heteroatoms. The molecule has 0 aliphatic carbocycles. The van der Waals surface area contributed by atoms with Crippen molar-refractivity contribution in [2.75, 3.05) is 13.1 Å². The highest BCUT2D eigenvalue weighted by molar-refractivity contribution is 5.83. The molecule has 0 aromatic rings. The van der Waals surface area contributed by atoms with Gasteiger partial charge < -0.3 is 10.6 Å². The number of carbonyl (C=O) groups excluding carboxylic acids is 3. The molecule has 0 saturated heterocycles. The molecule has 128 valence electrons. The van der Waals surface area contributed by atoms with E-state index in [1.807, 2.05) is 20.8 Å². The highest BCUT2D eigenvalue weighted by Crippen LogP contribution is 2.08. The molecule has 7 nitrogen and oxygen atoms in total. The first-order chi connectivity index (χ1) is 10.3. The van der Waals surface area contributed by atoms with E-state index in [0.29, 0.717) is 24.4 Å². The van der Waals surface area contributed by atoms with E-state index in [1.165, 1.54) is 0 Å². The first-order valence-corrected chi connectivity index (χ1v) is 7.79. The molecule has 3 amide bonds. The largest absolute Gasteiger partial charge is 0.359 e. The molecule has 0 heterocycles. The molecule has 0 atom stereocenters. The normalized spacial score (nSPS) is 10.9. The quantitative estimate of drug-likeness (QED) is 0.218. The number of amides is 3. The third-order valence-corrected chi connectivity index (χ3v) is 3.49. The van der Waals surface area contributed by atoms with Crippen molar-refractivity contribution in [3.63, 3.8) is 0 Å². The number of hydroxylamine groups is 2. The molecule has 0 radical (unpaired) electrons. The van der Waals surface area contributed by atoms with Crippen molar-refractivity contribution in [3.8, 4) is 0 Å². The van der Waals surface area contributed by atoms with Gasteiger partial charge in [0, 0.05) is 31.5 Å². The minimum Gasteiger partial charge on any atom is -0.359 e. The monoisotopic (exact) mass is 315 g/mol. The highest BCUT2D eigenvalue weighted by atomic mass is 16.5. The number of hydrogen-bond acceptors (Lipinski definition) is 4. The third-order valence-electron chi connectivity index (χ3n) is 3.49. The minimum absolute atomic E-state index is 0.00513. The van der Waals surface area contributed by atoms with Gasteiger partial charge in [-0.05, 0) is 39.5 Å². The van der Waals surface area contributed by atoms with Gasteiger partial charge in [0.15, 0.2) is 0 Å². The van der Waals surface area contributed by atoms with Crippen LogP contribution in [-0.2, 0) is 14.4 Å². The summed E-state index contributed by atoms with van der Waals surface area (Å²) >= 11 is 0. The Morgan fingerprint density at radius 1 is 1.18 bits per heavy atom. The van der Waals surface area contributed by atoms with Crippen molar-refractivity contribution in [2.24, 2.45) is 0 Å². The number of hydrogen-bond donors (Lipinski definition) is 3. The van der Waals surface area contributed by atoms with Gasteiger partial charge in [0.2, 0.25) is 18.2 Å².